The Kier molecular flexibility index (Phi) is 8.92. The van der Waals surface area contributed by atoms with Crippen LogP contribution in [0.4, 0.5) is 0 Å². The molecule has 2 heterocycles. The molecule has 0 saturated heterocycles. The molecule has 0 aliphatic carbocycles. The smallest absolute Gasteiger partial charge is 0.333 e. The number of nitrogens with zero attached hydrogens (tertiary/aromatic N) is 2. The standard InChI is InChI=1S/C20H28N2O8/c23-15-11-12-16(24)21(15)29-19(27)9-7-5-3-1-2-4-6-8-10-20(28)30-22-17(25)13-14-18(22)26/h11-14,23-26H,1-10H2. The zero-order chi connectivity index (χ0) is 21.9. The van der Waals surface area contributed by atoms with Crippen molar-refractivity contribution < 1.29 is 39.7 Å². The van der Waals surface area contributed by atoms with Gasteiger partial charge < -0.3 is 30.1 Å². The van der Waals surface area contributed by atoms with E-state index in [-0.39, 0.29) is 36.4 Å². The predicted octanol–water partition coefficient (Wildman–Crippen LogP) is 2.62. The van der Waals surface area contributed by atoms with Gasteiger partial charge in [-0.2, -0.15) is 0 Å². The summed E-state index contributed by atoms with van der Waals surface area (Å²) in [7, 11) is 0. The molecule has 0 saturated carbocycles. The first-order chi connectivity index (χ1) is 14.4. The topological polar surface area (TPSA) is 143 Å². The van der Waals surface area contributed by atoms with Gasteiger partial charge in [0.15, 0.2) is 0 Å². The molecule has 2 aromatic heterocycles. The van der Waals surface area contributed by atoms with E-state index in [9.17, 15) is 30.0 Å². The quantitative estimate of drug-likeness (QED) is 0.359. The van der Waals surface area contributed by atoms with Crippen molar-refractivity contribution in [2.75, 3.05) is 0 Å². The molecule has 0 radical (unpaired) electrons. The highest BCUT2D eigenvalue weighted by Crippen LogP contribution is 2.20. The summed E-state index contributed by atoms with van der Waals surface area (Å²) in [6.45, 7) is 0. The molecule has 10 heteroatoms. The third-order valence-electron chi connectivity index (χ3n) is 4.49. The van der Waals surface area contributed by atoms with Crippen LogP contribution in [-0.2, 0) is 9.59 Å². The normalized spacial score (nSPS) is 10.8. The van der Waals surface area contributed by atoms with Gasteiger partial charge in [0.05, 0.1) is 0 Å². The van der Waals surface area contributed by atoms with E-state index in [0.717, 1.165) is 38.5 Å². The lowest BCUT2D eigenvalue weighted by Crippen LogP contribution is -2.18. The van der Waals surface area contributed by atoms with Gasteiger partial charge in [-0.25, -0.2) is 9.59 Å². The summed E-state index contributed by atoms with van der Waals surface area (Å²) in [5.74, 6) is -2.40. The average molecular weight is 424 g/mol. The fourth-order valence-electron chi connectivity index (χ4n) is 2.88. The number of carbonyl (C=O) groups excluding carboxylic acids is 2. The lowest BCUT2D eigenvalue weighted by molar-refractivity contribution is -0.146. The first-order valence-electron chi connectivity index (χ1n) is 10.00. The average Bonchev–Trinajstić information content (AvgIpc) is 3.19. The van der Waals surface area contributed by atoms with Gasteiger partial charge in [-0.05, 0) is 12.8 Å². The first-order valence-corrected chi connectivity index (χ1v) is 10.00. The minimum Gasteiger partial charge on any atom is -0.492 e. The van der Waals surface area contributed by atoms with Crippen LogP contribution in [0.25, 0.3) is 0 Å². The Bertz CT molecular complexity index is 720. The largest absolute Gasteiger partial charge is 0.492 e. The van der Waals surface area contributed by atoms with Crippen LogP contribution < -0.4 is 9.68 Å². The second kappa shape index (κ2) is 11.6. The van der Waals surface area contributed by atoms with Gasteiger partial charge in [0.2, 0.25) is 23.5 Å². The summed E-state index contributed by atoms with van der Waals surface area (Å²) >= 11 is 0. The molecule has 0 amide bonds. The Morgan fingerprint density at radius 3 is 1.13 bits per heavy atom. The van der Waals surface area contributed by atoms with Gasteiger partial charge in [0.25, 0.3) is 0 Å². The molecule has 0 aliphatic rings. The first kappa shape index (κ1) is 23.0. The van der Waals surface area contributed by atoms with Crippen LogP contribution in [0.2, 0.25) is 0 Å². The summed E-state index contributed by atoms with van der Waals surface area (Å²) in [5.41, 5.74) is 0. The molecule has 4 N–H and O–H groups in total. The molecule has 0 bridgehead atoms. The molecule has 0 atom stereocenters. The molecule has 0 fully saturated rings. The van der Waals surface area contributed by atoms with E-state index in [1.54, 1.807) is 0 Å². The maximum atomic E-state index is 11.7. The number of aromatic nitrogens is 2. The molecule has 30 heavy (non-hydrogen) atoms. The fraction of sp³-hybridized carbons (Fsp3) is 0.500. The number of aromatic hydroxyl groups is 4. The van der Waals surface area contributed by atoms with E-state index < -0.39 is 11.9 Å². The molecular formula is C20H28N2O8. The van der Waals surface area contributed by atoms with Crippen LogP contribution in [0, 0.1) is 0 Å². The molecule has 10 nitrogen and oxygen atoms in total. The van der Waals surface area contributed by atoms with E-state index in [2.05, 4.69) is 0 Å². The fourth-order valence-corrected chi connectivity index (χ4v) is 2.88. The number of hydrogen-bond donors (Lipinski definition) is 4. The van der Waals surface area contributed by atoms with Gasteiger partial charge in [-0.1, -0.05) is 38.5 Å². The predicted molar refractivity (Wildman–Crippen MR) is 105 cm³/mol. The maximum Gasteiger partial charge on any atom is 0.333 e. The van der Waals surface area contributed by atoms with Crippen LogP contribution in [0.3, 0.4) is 0 Å². The van der Waals surface area contributed by atoms with Gasteiger partial charge >= 0.3 is 11.9 Å². The second-order valence-corrected chi connectivity index (χ2v) is 6.94. The Morgan fingerprint density at radius 2 is 0.833 bits per heavy atom. The van der Waals surface area contributed by atoms with E-state index in [0.29, 0.717) is 22.3 Å². The summed E-state index contributed by atoms with van der Waals surface area (Å²) < 4.78 is 1.37. The summed E-state index contributed by atoms with van der Waals surface area (Å²) in [6, 6.07) is 4.90. The van der Waals surface area contributed by atoms with Crippen molar-refractivity contribution in [2.45, 2.75) is 64.2 Å². The minimum absolute atomic E-state index is 0.200. The monoisotopic (exact) mass is 424 g/mol. The van der Waals surface area contributed by atoms with E-state index in [1.807, 2.05) is 0 Å². The number of hydrogen-bond acceptors (Lipinski definition) is 8. The summed E-state index contributed by atoms with van der Waals surface area (Å²) in [5, 5.41) is 37.6. The van der Waals surface area contributed by atoms with Crippen molar-refractivity contribution in [1.82, 2.24) is 9.46 Å². The molecule has 2 aromatic rings. The van der Waals surface area contributed by atoms with Gasteiger partial charge in [0.1, 0.15) is 0 Å². The van der Waals surface area contributed by atoms with Gasteiger partial charge in [-0.15, -0.1) is 9.46 Å². The maximum absolute atomic E-state index is 11.7. The zero-order valence-electron chi connectivity index (χ0n) is 16.7. The Morgan fingerprint density at radius 1 is 0.567 bits per heavy atom. The lowest BCUT2D eigenvalue weighted by atomic mass is 10.1. The van der Waals surface area contributed by atoms with Crippen molar-refractivity contribution >= 4 is 11.9 Å². The van der Waals surface area contributed by atoms with E-state index in [1.165, 1.54) is 24.3 Å². The summed E-state index contributed by atoms with van der Waals surface area (Å²) in [6.07, 6.45) is 7.44. The van der Waals surface area contributed by atoms with Gasteiger partial charge in [0, 0.05) is 37.1 Å². The highest BCUT2D eigenvalue weighted by Gasteiger charge is 2.12. The van der Waals surface area contributed by atoms with Crippen LogP contribution >= 0.6 is 0 Å². The van der Waals surface area contributed by atoms with Crippen molar-refractivity contribution in [2.24, 2.45) is 0 Å². The Hall–Kier alpha value is -3.30. The molecule has 166 valence electrons. The zero-order valence-corrected chi connectivity index (χ0v) is 16.7. The Balaban J connectivity index is 1.43. The van der Waals surface area contributed by atoms with Crippen LogP contribution in [0.15, 0.2) is 24.3 Å². The number of carbonyl (C=O) groups is 2. The highest BCUT2D eigenvalue weighted by molar-refractivity contribution is 5.70. The Labute approximate surface area is 173 Å². The third-order valence-corrected chi connectivity index (χ3v) is 4.49. The lowest BCUT2D eigenvalue weighted by Gasteiger charge is -2.07. The van der Waals surface area contributed by atoms with Crippen molar-refractivity contribution in [3.63, 3.8) is 0 Å². The number of rotatable bonds is 13. The highest BCUT2D eigenvalue weighted by atomic mass is 16.7. The summed E-state index contributed by atoms with van der Waals surface area (Å²) in [4.78, 5) is 33.1. The van der Waals surface area contributed by atoms with E-state index in [4.69, 9.17) is 9.68 Å². The van der Waals surface area contributed by atoms with Crippen LogP contribution in [0.1, 0.15) is 64.2 Å². The third kappa shape index (κ3) is 7.26. The minimum atomic E-state index is -0.523. The van der Waals surface area contributed by atoms with Crippen molar-refractivity contribution in [3.05, 3.63) is 24.3 Å². The molecule has 2 rings (SSSR count). The molecule has 0 aliphatic heterocycles. The molecule has 0 spiro atoms. The van der Waals surface area contributed by atoms with Crippen LogP contribution in [0.5, 0.6) is 23.5 Å². The molecule has 0 aromatic carbocycles. The van der Waals surface area contributed by atoms with Crippen molar-refractivity contribution in [1.29, 1.82) is 0 Å². The molecular weight excluding hydrogens is 396 g/mol. The molecule has 0 unspecified atom stereocenters. The van der Waals surface area contributed by atoms with Gasteiger partial charge in [-0.3, -0.25) is 0 Å². The second-order valence-electron chi connectivity index (χ2n) is 6.94. The number of unbranched alkanes of at least 4 members (excludes halogenated alkanes) is 7. The van der Waals surface area contributed by atoms with Crippen molar-refractivity contribution in [3.8, 4) is 23.5 Å². The SMILES string of the molecule is O=C(CCCCCCCCCCC(=O)On1c(O)ccc1O)On1c(O)ccc1O. The van der Waals surface area contributed by atoms with Crippen LogP contribution in [-0.4, -0.2) is 41.8 Å². The van der Waals surface area contributed by atoms with E-state index >= 15 is 0 Å².